The summed E-state index contributed by atoms with van der Waals surface area (Å²) in [6, 6.07) is 5.51. The highest BCUT2D eigenvalue weighted by atomic mass is 32.1. The molecule has 3 N–H and O–H groups in total. The van der Waals surface area contributed by atoms with Crippen LogP contribution in [0.1, 0.15) is 55.9 Å². The third-order valence-electron chi connectivity index (χ3n) is 6.43. The van der Waals surface area contributed by atoms with Crippen LogP contribution < -0.4 is 10.6 Å². The van der Waals surface area contributed by atoms with Gasteiger partial charge in [-0.3, -0.25) is 9.89 Å². The summed E-state index contributed by atoms with van der Waals surface area (Å²) in [6.45, 7) is 6.58. The van der Waals surface area contributed by atoms with E-state index in [1.807, 2.05) is 25.1 Å². The SMILES string of the molecule is C=Nc1cc(Nc2ncc(CO)s2)nc(NC2C[C@H]3CCC[C@@H](C2)N3CCC#N)c1/C=C\C. The normalized spacial score (nSPS) is 22.8. The molecule has 0 spiro atoms. The van der Waals surface area contributed by atoms with E-state index in [0.29, 0.717) is 35.5 Å². The second kappa shape index (κ2) is 10.9. The molecule has 2 aliphatic rings. The zero-order valence-electron chi connectivity index (χ0n) is 19.0. The highest BCUT2D eigenvalue weighted by Gasteiger charge is 2.38. The molecule has 4 rings (SSSR count). The molecule has 3 atom stereocenters. The van der Waals surface area contributed by atoms with Crippen LogP contribution in [0.25, 0.3) is 6.08 Å². The van der Waals surface area contributed by atoms with Gasteiger partial charge in [0.15, 0.2) is 5.13 Å². The maximum Gasteiger partial charge on any atom is 0.188 e. The van der Waals surface area contributed by atoms with Crippen molar-refractivity contribution >= 4 is 46.6 Å². The van der Waals surface area contributed by atoms with Crippen LogP contribution in [-0.2, 0) is 6.61 Å². The van der Waals surface area contributed by atoms with Gasteiger partial charge < -0.3 is 15.7 Å². The first-order valence-corrected chi connectivity index (χ1v) is 12.3. The van der Waals surface area contributed by atoms with E-state index in [1.54, 1.807) is 6.20 Å². The summed E-state index contributed by atoms with van der Waals surface area (Å²) in [5.41, 5.74) is 1.67. The second-order valence-electron chi connectivity index (χ2n) is 8.56. The lowest BCUT2D eigenvalue weighted by Gasteiger charge is -2.49. The molecule has 2 bridgehead atoms. The zero-order chi connectivity index (χ0) is 23.2. The molecule has 0 saturated carbocycles. The summed E-state index contributed by atoms with van der Waals surface area (Å²) in [5, 5.41) is 26.0. The third kappa shape index (κ3) is 5.41. The van der Waals surface area contributed by atoms with Gasteiger partial charge in [-0.05, 0) is 39.3 Å². The lowest BCUT2D eigenvalue weighted by Crippen LogP contribution is -2.55. The molecule has 0 amide bonds. The molecular weight excluding hydrogens is 434 g/mol. The molecule has 1 unspecified atom stereocenters. The van der Waals surface area contributed by atoms with E-state index in [4.69, 9.17) is 10.2 Å². The highest BCUT2D eigenvalue weighted by Crippen LogP contribution is 2.37. The molecule has 2 aliphatic heterocycles. The molecule has 2 fully saturated rings. The van der Waals surface area contributed by atoms with Crippen LogP contribution in [0.2, 0.25) is 0 Å². The maximum atomic E-state index is 9.32. The Labute approximate surface area is 199 Å². The minimum absolute atomic E-state index is 0.0331. The van der Waals surface area contributed by atoms with Crippen LogP contribution in [0, 0.1) is 11.3 Å². The van der Waals surface area contributed by atoms with Crippen molar-refractivity contribution in [3.8, 4) is 6.07 Å². The summed E-state index contributed by atoms with van der Waals surface area (Å²) in [7, 11) is 0. The smallest absolute Gasteiger partial charge is 0.188 e. The van der Waals surface area contributed by atoms with Gasteiger partial charge in [0.25, 0.3) is 0 Å². The van der Waals surface area contributed by atoms with E-state index in [9.17, 15) is 5.11 Å². The first-order chi connectivity index (χ1) is 16.1. The molecule has 0 aromatic carbocycles. The van der Waals surface area contributed by atoms with E-state index < -0.39 is 0 Å². The molecule has 9 heteroatoms. The Bertz CT molecular complexity index is 1030. The van der Waals surface area contributed by atoms with Crippen LogP contribution in [0.3, 0.4) is 0 Å². The van der Waals surface area contributed by atoms with Crippen molar-refractivity contribution in [2.75, 3.05) is 17.2 Å². The van der Waals surface area contributed by atoms with Crippen LogP contribution in [-0.4, -0.2) is 51.4 Å². The van der Waals surface area contributed by atoms with E-state index >= 15 is 0 Å². The van der Waals surface area contributed by atoms with Crippen LogP contribution in [0.4, 0.5) is 22.5 Å². The molecule has 0 radical (unpaired) electrons. The van der Waals surface area contributed by atoms with Crippen LogP contribution in [0.5, 0.6) is 0 Å². The number of rotatable bonds is 9. The maximum absolute atomic E-state index is 9.32. The fourth-order valence-corrected chi connectivity index (χ4v) is 5.74. The number of nitrogens with one attached hydrogen (secondary N) is 2. The van der Waals surface area contributed by atoms with Crippen molar-refractivity contribution in [3.05, 3.63) is 28.8 Å². The Kier molecular flexibility index (Phi) is 7.70. The van der Waals surface area contributed by atoms with Gasteiger partial charge >= 0.3 is 0 Å². The van der Waals surface area contributed by atoms with Gasteiger partial charge in [0.1, 0.15) is 11.6 Å². The Morgan fingerprint density at radius 1 is 1.39 bits per heavy atom. The number of aliphatic imine (C=N–C) groups is 1. The molecule has 8 nitrogen and oxygen atoms in total. The van der Waals surface area contributed by atoms with Gasteiger partial charge in [0.2, 0.25) is 0 Å². The summed E-state index contributed by atoms with van der Waals surface area (Å²) >= 11 is 1.39. The second-order valence-corrected chi connectivity index (χ2v) is 9.67. The number of piperidine rings is 2. The van der Waals surface area contributed by atoms with Gasteiger partial charge in [-0.1, -0.05) is 29.9 Å². The predicted molar refractivity (Wildman–Crippen MR) is 134 cm³/mol. The standard InChI is InChI=1S/C24H31N7OS/c1-3-6-20-21(26-2)13-22(30-24-27-14-19(15-32)33-24)29-23(20)28-16-11-17-7-4-8-18(12-16)31(17)10-5-9-25/h3,6,13-14,16-18,32H,2,4-5,7-8,10-12,15H2,1H3,(H2,27,28,29,30)/b6-3-/t16?,17-,18+. The van der Waals surface area contributed by atoms with Crippen molar-refractivity contribution in [2.45, 2.75) is 70.2 Å². The fraction of sp³-hybridized carbons (Fsp3) is 0.500. The lowest BCUT2D eigenvalue weighted by molar-refractivity contribution is 0.0370. The van der Waals surface area contributed by atoms with E-state index in [1.165, 1.54) is 30.6 Å². The van der Waals surface area contributed by atoms with Crippen molar-refractivity contribution in [3.63, 3.8) is 0 Å². The van der Waals surface area contributed by atoms with Crippen molar-refractivity contribution in [1.29, 1.82) is 5.26 Å². The van der Waals surface area contributed by atoms with Crippen molar-refractivity contribution in [2.24, 2.45) is 4.99 Å². The molecule has 2 aromatic heterocycles. The number of allylic oxidation sites excluding steroid dienone is 1. The number of hydrogen-bond donors (Lipinski definition) is 3. The van der Waals surface area contributed by atoms with Gasteiger partial charge in [0.05, 0.1) is 23.2 Å². The Morgan fingerprint density at radius 2 is 2.18 bits per heavy atom. The fourth-order valence-electron chi connectivity index (χ4n) is 5.06. The molecule has 2 aromatic rings. The largest absolute Gasteiger partial charge is 0.391 e. The molecular formula is C24H31N7OS. The zero-order valence-corrected chi connectivity index (χ0v) is 19.8. The van der Waals surface area contributed by atoms with Gasteiger partial charge in [-0.2, -0.15) is 5.26 Å². The van der Waals surface area contributed by atoms with E-state index in [2.05, 4.69) is 38.3 Å². The number of fused-ring (bicyclic) bond motifs is 2. The van der Waals surface area contributed by atoms with Crippen molar-refractivity contribution < 1.29 is 5.11 Å². The molecule has 174 valence electrons. The van der Waals surface area contributed by atoms with Gasteiger partial charge in [0, 0.05) is 48.9 Å². The number of pyridine rings is 1. The minimum atomic E-state index is -0.0331. The number of thiazole rings is 1. The third-order valence-corrected chi connectivity index (χ3v) is 7.33. The predicted octanol–water partition coefficient (Wildman–Crippen LogP) is 4.85. The number of nitriles is 1. The summed E-state index contributed by atoms with van der Waals surface area (Å²) in [5.74, 6) is 1.42. The Hall–Kier alpha value is -2.80. The molecule has 33 heavy (non-hydrogen) atoms. The van der Waals surface area contributed by atoms with Crippen LogP contribution >= 0.6 is 11.3 Å². The monoisotopic (exact) mass is 465 g/mol. The summed E-state index contributed by atoms with van der Waals surface area (Å²) in [6.07, 6.45) is 12.0. The highest BCUT2D eigenvalue weighted by molar-refractivity contribution is 7.15. The number of anilines is 3. The number of aromatic nitrogens is 2. The first-order valence-electron chi connectivity index (χ1n) is 11.5. The average Bonchev–Trinajstić information content (AvgIpc) is 3.26. The number of hydrogen-bond acceptors (Lipinski definition) is 9. The van der Waals surface area contributed by atoms with Gasteiger partial charge in [-0.25, -0.2) is 9.97 Å². The Balaban J connectivity index is 1.58. The molecule has 0 aliphatic carbocycles. The Morgan fingerprint density at radius 3 is 2.82 bits per heavy atom. The van der Waals surface area contributed by atoms with Gasteiger partial charge in [-0.15, -0.1) is 0 Å². The number of aliphatic hydroxyl groups is 1. The average molecular weight is 466 g/mol. The quantitative estimate of drug-likeness (QED) is 0.454. The van der Waals surface area contributed by atoms with E-state index in [-0.39, 0.29) is 6.61 Å². The van der Waals surface area contributed by atoms with Crippen LogP contribution in [0.15, 0.2) is 23.3 Å². The topological polar surface area (TPSA) is 109 Å². The minimum Gasteiger partial charge on any atom is -0.391 e. The van der Waals surface area contributed by atoms with Crippen molar-refractivity contribution in [1.82, 2.24) is 14.9 Å². The summed E-state index contributed by atoms with van der Waals surface area (Å²) in [4.78, 5) is 16.8. The molecule has 4 heterocycles. The lowest BCUT2D eigenvalue weighted by atomic mass is 9.81. The first kappa shape index (κ1) is 23.4. The summed E-state index contributed by atoms with van der Waals surface area (Å²) < 4.78 is 0. The van der Waals surface area contributed by atoms with E-state index in [0.717, 1.165) is 41.3 Å². The number of nitrogens with zero attached hydrogens (tertiary/aromatic N) is 5. The number of aliphatic hydroxyl groups excluding tert-OH is 1. The molecule has 2 saturated heterocycles.